The summed E-state index contributed by atoms with van der Waals surface area (Å²) in [5, 5.41) is 8.75. The molecule has 1 aliphatic rings. The molecular formula is C18H21BF2O5S. The summed E-state index contributed by atoms with van der Waals surface area (Å²) in [5.41, 5.74) is -1.75. The van der Waals surface area contributed by atoms with E-state index >= 15 is 0 Å². The Morgan fingerprint density at radius 2 is 1.70 bits per heavy atom. The molecule has 1 aromatic carbocycles. The van der Waals surface area contributed by atoms with Crippen molar-refractivity contribution in [3.05, 3.63) is 40.4 Å². The molecule has 2 rings (SSSR count). The number of hydrogen-bond donors (Lipinski definition) is 1. The van der Waals surface area contributed by atoms with Crippen LogP contribution in [-0.4, -0.2) is 40.3 Å². The minimum absolute atomic E-state index is 0.147. The Hall–Kier alpha value is -1.71. The normalized spacial score (nSPS) is 18.6. The van der Waals surface area contributed by atoms with E-state index in [-0.39, 0.29) is 16.4 Å². The molecule has 1 aromatic rings. The first-order valence-corrected chi connectivity index (χ1v) is 9.24. The second-order valence-electron chi connectivity index (χ2n) is 7.25. The highest BCUT2D eigenvalue weighted by Crippen LogP contribution is 2.39. The van der Waals surface area contributed by atoms with Crippen molar-refractivity contribution in [1.82, 2.24) is 0 Å². The zero-order chi connectivity index (χ0) is 20.6. The minimum atomic E-state index is -1.56. The fourth-order valence-electron chi connectivity index (χ4n) is 2.39. The van der Waals surface area contributed by atoms with E-state index in [1.54, 1.807) is 0 Å². The summed E-state index contributed by atoms with van der Waals surface area (Å²) in [6, 6.07) is 1.44. The summed E-state index contributed by atoms with van der Waals surface area (Å²) in [4.78, 5) is 22.3. The van der Waals surface area contributed by atoms with Crippen LogP contribution >= 0.6 is 11.8 Å². The monoisotopic (exact) mass is 398 g/mol. The molecule has 0 unspecified atom stereocenters. The number of thioether (sulfide) groups is 1. The quantitative estimate of drug-likeness (QED) is 0.758. The average Bonchev–Trinajstić information content (AvgIpc) is 2.74. The van der Waals surface area contributed by atoms with Gasteiger partial charge < -0.3 is 14.4 Å². The molecule has 1 saturated heterocycles. The Morgan fingerprint density at radius 1 is 1.15 bits per heavy atom. The first-order valence-electron chi connectivity index (χ1n) is 8.26. The van der Waals surface area contributed by atoms with E-state index in [4.69, 9.17) is 14.4 Å². The van der Waals surface area contributed by atoms with Gasteiger partial charge in [-0.1, -0.05) is 17.8 Å². The van der Waals surface area contributed by atoms with Gasteiger partial charge in [0, 0.05) is 18.2 Å². The fourth-order valence-corrected chi connectivity index (χ4v) is 2.98. The highest BCUT2D eigenvalue weighted by atomic mass is 32.2. The molecule has 0 saturated carbocycles. The van der Waals surface area contributed by atoms with Crippen LogP contribution in [0, 0.1) is 11.6 Å². The smallest absolute Gasteiger partial charge is 0.478 e. The van der Waals surface area contributed by atoms with E-state index in [1.165, 1.54) is 13.0 Å². The Kier molecular flexibility index (Phi) is 6.18. The standard InChI is InChI=1S/C18H21BF2O5S/c1-10(22)27-9-12(19-25-17(2,3)18(4,5)26-19)6-11-7-15(21)13(16(23)24)8-14(11)20/h6-8H,9H2,1-5H3,(H,23,24). The SMILES string of the molecule is CC(=O)SCC(=Cc1cc(F)c(C(=O)O)cc1F)B1OC(C)(C)C(C)(C)O1. The van der Waals surface area contributed by atoms with Crippen LogP contribution in [0.2, 0.25) is 0 Å². The van der Waals surface area contributed by atoms with Gasteiger partial charge in [-0.15, -0.1) is 0 Å². The molecule has 0 aliphatic carbocycles. The Labute approximate surface area is 161 Å². The number of carboxylic acid groups (broad SMARTS) is 1. The number of rotatable bonds is 5. The third-order valence-electron chi connectivity index (χ3n) is 4.66. The van der Waals surface area contributed by atoms with Crippen molar-refractivity contribution in [2.45, 2.75) is 45.8 Å². The lowest BCUT2D eigenvalue weighted by Crippen LogP contribution is -2.41. The van der Waals surface area contributed by atoms with Crippen molar-refractivity contribution in [2.75, 3.05) is 5.75 Å². The maximum Gasteiger partial charge on any atom is 0.491 e. The summed E-state index contributed by atoms with van der Waals surface area (Å²) in [6.07, 6.45) is 1.34. The molecule has 5 nitrogen and oxygen atoms in total. The molecule has 0 atom stereocenters. The summed E-state index contributed by atoms with van der Waals surface area (Å²) in [7, 11) is -0.844. The van der Waals surface area contributed by atoms with Crippen molar-refractivity contribution in [2.24, 2.45) is 0 Å². The number of benzene rings is 1. The third-order valence-corrected chi connectivity index (χ3v) is 5.54. The first kappa shape index (κ1) is 21.6. The molecule has 0 spiro atoms. The van der Waals surface area contributed by atoms with Crippen molar-refractivity contribution in [3.8, 4) is 0 Å². The van der Waals surface area contributed by atoms with Crippen LogP contribution in [0.3, 0.4) is 0 Å². The van der Waals surface area contributed by atoms with E-state index < -0.39 is 41.5 Å². The van der Waals surface area contributed by atoms with Crippen LogP contribution < -0.4 is 0 Å². The summed E-state index contributed by atoms with van der Waals surface area (Å²) < 4.78 is 40.2. The topological polar surface area (TPSA) is 72.8 Å². The van der Waals surface area contributed by atoms with Crippen LogP contribution in [0.1, 0.15) is 50.5 Å². The van der Waals surface area contributed by atoms with E-state index in [2.05, 4.69) is 0 Å². The molecule has 0 amide bonds. The molecular weight excluding hydrogens is 377 g/mol. The fraction of sp³-hybridized carbons (Fsp3) is 0.444. The minimum Gasteiger partial charge on any atom is -0.478 e. The summed E-state index contributed by atoms with van der Waals surface area (Å²) in [5.74, 6) is -3.34. The molecule has 146 valence electrons. The molecule has 27 heavy (non-hydrogen) atoms. The number of hydrogen-bond acceptors (Lipinski definition) is 5. The van der Waals surface area contributed by atoms with Crippen molar-refractivity contribution >= 4 is 36.0 Å². The van der Waals surface area contributed by atoms with Gasteiger partial charge in [0.15, 0.2) is 5.12 Å². The maximum atomic E-state index is 14.3. The first-order chi connectivity index (χ1) is 12.3. The number of carboxylic acids is 1. The predicted molar refractivity (Wildman–Crippen MR) is 101 cm³/mol. The van der Waals surface area contributed by atoms with Gasteiger partial charge in [0.25, 0.3) is 0 Å². The highest BCUT2D eigenvalue weighted by molar-refractivity contribution is 8.13. The third kappa shape index (κ3) is 4.77. The van der Waals surface area contributed by atoms with Crippen LogP contribution in [-0.2, 0) is 14.1 Å². The predicted octanol–water partition coefficient (Wildman–Crippen LogP) is 3.96. The van der Waals surface area contributed by atoms with Gasteiger partial charge in [0.1, 0.15) is 11.6 Å². The van der Waals surface area contributed by atoms with E-state index in [0.717, 1.165) is 17.8 Å². The van der Waals surface area contributed by atoms with Gasteiger partial charge in [-0.25, -0.2) is 13.6 Å². The molecule has 0 aromatic heterocycles. The van der Waals surface area contributed by atoms with Crippen molar-refractivity contribution in [3.63, 3.8) is 0 Å². The number of halogens is 2. The van der Waals surface area contributed by atoms with Crippen LogP contribution in [0.4, 0.5) is 8.78 Å². The van der Waals surface area contributed by atoms with Gasteiger partial charge in [0.2, 0.25) is 0 Å². The lowest BCUT2D eigenvalue weighted by atomic mass is 9.78. The zero-order valence-electron chi connectivity index (χ0n) is 15.8. The molecule has 1 heterocycles. The number of aromatic carboxylic acids is 1. The Balaban J connectivity index is 2.44. The largest absolute Gasteiger partial charge is 0.491 e. The van der Waals surface area contributed by atoms with Crippen LogP contribution in [0.15, 0.2) is 17.6 Å². The summed E-state index contributed by atoms with van der Waals surface area (Å²) in [6.45, 7) is 8.80. The van der Waals surface area contributed by atoms with Gasteiger partial charge in [0.05, 0.1) is 16.8 Å². The lowest BCUT2D eigenvalue weighted by Gasteiger charge is -2.32. The number of carbonyl (C=O) groups excluding carboxylic acids is 1. The second kappa shape index (κ2) is 7.73. The summed E-state index contributed by atoms with van der Waals surface area (Å²) >= 11 is 0.986. The lowest BCUT2D eigenvalue weighted by molar-refractivity contribution is -0.109. The highest BCUT2D eigenvalue weighted by Gasteiger charge is 2.52. The molecule has 1 aliphatic heterocycles. The van der Waals surface area contributed by atoms with Gasteiger partial charge >= 0.3 is 13.1 Å². The Morgan fingerprint density at radius 3 is 2.19 bits per heavy atom. The average molecular weight is 398 g/mol. The molecule has 9 heteroatoms. The van der Waals surface area contributed by atoms with Gasteiger partial charge in [-0.05, 0) is 45.3 Å². The molecule has 0 radical (unpaired) electrons. The second-order valence-corrected chi connectivity index (χ2v) is 8.40. The Bertz CT molecular complexity index is 791. The zero-order valence-corrected chi connectivity index (χ0v) is 16.6. The molecule has 1 N–H and O–H groups in total. The van der Waals surface area contributed by atoms with Crippen LogP contribution in [0.5, 0.6) is 0 Å². The molecule has 0 bridgehead atoms. The number of carbonyl (C=O) groups is 2. The van der Waals surface area contributed by atoms with E-state index in [9.17, 15) is 18.4 Å². The van der Waals surface area contributed by atoms with Crippen molar-refractivity contribution in [1.29, 1.82) is 0 Å². The van der Waals surface area contributed by atoms with Gasteiger partial charge in [-0.2, -0.15) is 0 Å². The van der Waals surface area contributed by atoms with Crippen molar-refractivity contribution < 1.29 is 32.8 Å². The van der Waals surface area contributed by atoms with Crippen LogP contribution in [0.25, 0.3) is 6.08 Å². The van der Waals surface area contributed by atoms with E-state index in [1.807, 2.05) is 27.7 Å². The van der Waals surface area contributed by atoms with Gasteiger partial charge in [-0.3, -0.25) is 4.79 Å². The van der Waals surface area contributed by atoms with E-state index in [0.29, 0.717) is 11.5 Å². The maximum absolute atomic E-state index is 14.3. The molecule has 1 fully saturated rings.